The predicted octanol–water partition coefficient (Wildman–Crippen LogP) is 1.74. The molecule has 1 heterocycles. The Morgan fingerprint density at radius 1 is 1.67 bits per heavy atom. The van der Waals surface area contributed by atoms with Gasteiger partial charge in [0.15, 0.2) is 0 Å². The monoisotopic (exact) mass is 165 g/mol. The first-order valence-electron chi connectivity index (χ1n) is 3.70. The average molecular weight is 165 g/mol. The summed E-state index contributed by atoms with van der Waals surface area (Å²) in [6.45, 7) is 5.78. The van der Waals surface area contributed by atoms with Crippen LogP contribution in [0.3, 0.4) is 0 Å². The maximum absolute atomic E-state index is 10.8. The fourth-order valence-electron chi connectivity index (χ4n) is 0.953. The van der Waals surface area contributed by atoms with Crippen molar-refractivity contribution in [2.24, 2.45) is 0 Å². The third kappa shape index (κ3) is 1.75. The fraction of sp³-hybridized carbons (Fsp3) is 0.222. The van der Waals surface area contributed by atoms with Gasteiger partial charge in [0.25, 0.3) is 0 Å². The largest absolute Gasteiger partial charge is 0.444 e. The fourth-order valence-corrected chi connectivity index (χ4v) is 0.953. The molecule has 0 bridgehead atoms. The van der Waals surface area contributed by atoms with Gasteiger partial charge < -0.3 is 4.74 Å². The molecule has 1 N–H and O–H groups in total. The van der Waals surface area contributed by atoms with Crippen LogP contribution in [0.15, 0.2) is 36.1 Å². The average Bonchev–Trinajstić information content (AvgIpc) is 2.05. The predicted molar refractivity (Wildman–Crippen MR) is 46.5 cm³/mol. The summed E-state index contributed by atoms with van der Waals surface area (Å²) in [4.78, 5) is 10.8. The van der Waals surface area contributed by atoms with E-state index in [-0.39, 0.29) is 0 Å². The number of allylic oxidation sites excluding steroid dienone is 3. The lowest BCUT2D eigenvalue weighted by Gasteiger charge is -2.18. The molecule has 3 nitrogen and oxygen atoms in total. The van der Waals surface area contributed by atoms with Crippen molar-refractivity contribution in [3.63, 3.8) is 0 Å². The third-order valence-corrected chi connectivity index (χ3v) is 1.57. The van der Waals surface area contributed by atoms with E-state index >= 15 is 0 Å². The summed E-state index contributed by atoms with van der Waals surface area (Å²) in [5.41, 5.74) is 1.73. The van der Waals surface area contributed by atoms with Gasteiger partial charge in [0.05, 0.1) is 5.70 Å². The Kier molecular flexibility index (Phi) is 2.69. The molecule has 1 aliphatic heterocycles. The topological polar surface area (TPSA) is 38.3 Å². The molecule has 0 spiro atoms. The van der Waals surface area contributed by atoms with Crippen LogP contribution in [-0.2, 0) is 4.74 Å². The Morgan fingerprint density at radius 3 is 3.00 bits per heavy atom. The van der Waals surface area contributed by atoms with Crippen molar-refractivity contribution >= 4 is 6.09 Å². The van der Waals surface area contributed by atoms with Gasteiger partial charge in [-0.25, -0.2) is 4.79 Å². The molecule has 1 saturated heterocycles. The molecule has 0 aliphatic carbocycles. The van der Waals surface area contributed by atoms with Gasteiger partial charge in [-0.3, -0.25) is 5.32 Å². The van der Waals surface area contributed by atoms with Gasteiger partial charge in [0.2, 0.25) is 0 Å². The van der Waals surface area contributed by atoms with Gasteiger partial charge in [0.1, 0.15) is 6.61 Å². The van der Waals surface area contributed by atoms with Crippen LogP contribution in [0.5, 0.6) is 0 Å². The quantitative estimate of drug-likeness (QED) is 0.642. The molecule has 1 fully saturated rings. The second-order valence-corrected chi connectivity index (χ2v) is 2.33. The molecule has 12 heavy (non-hydrogen) atoms. The SMILES string of the molecule is C=C/C=C1/NC(=O)OC/C1=C/C. The minimum atomic E-state index is -0.409. The number of alkyl carbamates (subject to hydrolysis) is 1. The summed E-state index contributed by atoms with van der Waals surface area (Å²) >= 11 is 0. The number of ether oxygens (including phenoxy) is 1. The Bertz CT molecular complexity index is 264. The summed E-state index contributed by atoms with van der Waals surface area (Å²) in [6, 6.07) is 0. The molecule has 0 radical (unpaired) electrons. The molecule has 0 aromatic rings. The summed E-state index contributed by atoms with van der Waals surface area (Å²) in [6.07, 6.45) is 4.86. The summed E-state index contributed by atoms with van der Waals surface area (Å²) < 4.78 is 4.76. The standard InChI is InChI=1S/C9H11NO2/c1-3-5-8-7(4-2)6-12-9(11)10-8/h3-5H,1,6H2,2H3,(H,10,11)/b7-4-,8-5+. The highest BCUT2D eigenvalue weighted by molar-refractivity contribution is 5.73. The minimum absolute atomic E-state index is 0.335. The zero-order chi connectivity index (χ0) is 8.97. The van der Waals surface area contributed by atoms with E-state index in [0.29, 0.717) is 6.61 Å². The molecule has 0 atom stereocenters. The van der Waals surface area contributed by atoms with E-state index in [4.69, 9.17) is 4.74 Å². The lowest BCUT2D eigenvalue weighted by molar-refractivity contribution is 0.152. The highest BCUT2D eigenvalue weighted by atomic mass is 16.5. The highest BCUT2D eigenvalue weighted by Crippen LogP contribution is 2.12. The molecule has 0 aromatic heterocycles. The first-order valence-corrected chi connectivity index (χ1v) is 3.70. The highest BCUT2D eigenvalue weighted by Gasteiger charge is 2.16. The van der Waals surface area contributed by atoms with Crippen LogP contribution < -0.4 is 5.32 Å². The Hall–Kier alpha value is -1.51. The molecule has 0 saturated carbocycles. The minimum Gasteiger partial charge on any atom is -0.444 e. The summed E-state index contributed by atoms with van der Waals surface area (Å²) in [5.74, 6) is 0. The normalized spacial score (nSPS) is 23.6. The van der Waals surface area contributed by atoms with Crippen LogP contribution in [0.1, 0.15) is 6.92 Å². The van der Waals surface area contributed by atoms with E-state index in [2.05, 4.69) is 11.9 Å². The number of nitrogens with one attached hydrogen (secondary N) is 1. The number of cyclic esters (lactones) is 1. The maximum Gasteiger partial charge on any atom is 0.411 e. The molecule has 1 amide bonds. The van der Waals surface area contributed by atoms with Crippen molar-refractivity contribution in [3.8, 4) is 0 Å². The molecule has 0 aromatic carbocycles. The van der Waals surface area contributed by atoms with Crippen LogP contribution in [-0.4, -0.2) is 12.7 Å². The Balaban J connectivity index is 2.85. The van der Waals surface area contributed by atoms with E-state index in [0.717, 1.165) is 11.3 Å². The van der Waals surface area contributed by atoms with Gasteiger partial charge in [0, 0.05) is 5.57 Å². The number of rotatable bonds is 1. The zero-order valence-electron chi connectivity index (χ0n) is 6.96. The van der Waals surface area contributed by atoms with Crippen molar-refractivity contribution in [1.82, 2.24) is 5.32 Å². The van der Waals surface area contributed by atoms with Crippen LogP contribution in [0, 0.1) is 0 Å². The lowest BCUT2D eigenvalue weighted by Crippen LogP contribution is -2.31. The number of hydrogen-bond donors (Lipinski definition) is 1. The molecule has 3 heteroatoms. The van der Waals surface area contributed by atoms with E-state index in [9.17, 15) is 4.79 Å². The lowest BCUT2D eigenvalue weighted by atomic mass is 10.1. The van der Waals surface area contributed by atoms with E-state index in [1.54, 1.807) is 12.2 Å². The van der Waals surface area contributed by atoms with Crippen molar-refractivity contribution in [2.45, 2.75) is 6.92 Å². The molecule has 1 aliphatic rings. The molecule has 64 valence electrons. The van der Waals surface area contributed by atoms with Gasteiger partial charge in [-0.1, -0.05) is 18.7 Å². The summed E-state index contributed by atoms with van der Waals surface area (Å²) in [5, 5.41) is 2.58. The smallest absolute Gasteiger partial charge is 0.411 e. The second-order valence-electron chi connectivity index (χ2n) is 2.33. The summed E-state index contributed by atoms with van der Waals surface area (Å²) in [7, 11) is 0. The Labute approximate surface area is 71.4 Å². The van der Waals surface area contributed by atoms with Crippen molar-refractivity contribution in [1.29, 1.82) is 0 Å². The third-order valence-electron chi connectivity index (χ3n) is 1.57. The number of hydrogen-bond acceptors (Lipinski definition) is 2. The van der Waals surface area contributed by atoms with Crippen LogP contribution >= 0.6 is 0 Å². The van der Waals surface area contributed by atoms with E-state index < -0.39 is 6.09 Å². The number of amides is 1. The van der Waals surface area contributed by atoms with Crippen molar-refractivity contribution < 1.29 is 9.53 Å². The molecular weight excluding hydrogens is 154 g/mol. The van der Waals surface area contributed by atoms with E-state index in [1.165, 1.54) is 0 Å². The second kappa shape index (κ2) is 3.76. The van der Waals surface area contributed by atoms with Crippen molar-refractivity contribution in [3.05, 3.63) is 36.1 Å². The van der Waals surface area contributed by atoms with Gasteiger partial charge in [-0.15, -0.1) is 0 Å². The van der Waals surface area contributed by atoms with Crippen molar-refractivity contribution in [2.75, 3.05) is 6.61 Å². The van der Waals surface area contributed by atoms with Gasteiger partial charge in [-0.2, -0.15) is 0 Å². The van der Waals surface area contributed by atoms with Crippen LogP contribution in [0.2, 0.25) is 0 Å². The zero-order valence-corrected chi connectivity index (χ0v) is 6.96. The molecule has 1 rings (SSSR count). The van der Waals surface area contributed by atoms with Gasteiger partial charge >= 0.3 is 6.09 Å². The first kappa shape index (κ1) is 8.59. The molecular formula is C9H11NO2. The van der Waals surface area contributed by atoms with Crippen LogP contribution in [0.25, 0.3) is 0 Å². The van der Waals surface area contributed by atoms with E-state index in [1.807, 2.05) is 13.0 Å². The van der Waals surface area contributed by atoms with Gasteiger partial charge in [-0.05, 0) is 13.0 Å². The molecule has 0 unspecified atom stereocenters. The number of carbonyl (C=O) groups excluding carboxylic acids is 1. The Morgan fingerprint density at radius 2 is 2.42 bits per heavy atom. The van der Waals surface area contributed by atoms with Crippen LogP contribution in [0.4, 0.5) is 4.79 Å². The maximum atomic E-state index is 10.8. The number of carbonyl (C=O) groups is 1. The first-order chi connectivity index (χ1) is 5.77.